The summed E-state index contributed by atoms with van der Waals surface area (Å²) < 4.78 is 5.38. The number of guanidine groups is 1. The highest BCUT2D eigenvalue weighted by Crippen LogP contribution is 2.19. The minimum absolute atomic E-state index is 0.00437. The Kier molecular flexibility index (Phi) is 7.87. The van der Waals surface area contributed by atoms with Crippen molar-refractivity contribution in [3.63, 3.8) is 0 Å². The summed E-state index contributed by atoms with van der Waals surface area (Å²) in [6.07, 6.45) is 0.874. The monoisotopic (exact) mass is 382 g/mol. The quantitative estimate of drug-likeness (QED) is 0.571. The molecule has 0 aliphatic carbocycles. The van der Waals surface area contributed by atoms with E-state index in [2.05, 4.69) is 33.8 Å². The van der Waals surface area contributed by atoms with E-state index in [1.54, 1.807) is 33.2 Å². The lowest BCUT2D eigenvalue weighted by Crippen LogP contribution is -2.37. The second-order valence-electron chi connectivity index (χ2n) is 6.80. The molecule has 0 saturated carbocycles. The van der Waals surface area contributed by atoms with Crippen molar-refractivity contribution in [3.05, 3.63) is 64.7 Å². The molecule has 2 aromatic rings. The van der Waals surface area contributed by atoms with Gasteiger partial charge in [0.15, 0.2) is 5.96 Å². The number of hydrogen-bond acceptors (Lipinski definition) is 3. The summed E-state index contributed by atoms with van der Waals surface area (Å²) >= 11 is 0. The molecule has 0 aliphatic heterocycles. The van der Waals surface area contributed by atoms with E-state index >= 15 is 0 Å². The number of aryl methyl sites for hydroxylation is 1. The minimum atomic E-state index is 0.00437. The normalized spacial score (nSPS) is 11.1. The Labute approximate surface area is 167 Å². The van der Waals surface area contributed by atoms with E-state index < -0.39 is 0 Å². The number of benzene rings is 2. The maximum Gasteiger partial charge on any atom is 0.253 e. The molecular formula is C22H30N4O2. The van der Waals surface area contributed by atoms with Gasteiger partial charge in [-0.15, -0.1) is 0 Å². The Morgan fingerprint density at radius 1 is 1.07 bits per heavy atom. The third-order valence-corrected chi connectivity index (χ3v) is 4.47. The average molecular weight is 383 g/mol. The van der Waals surface area contributed by atoms with Gasteiger partial charge in [0.1, 0.15) is 5.75 Å². The highest BCUT2D eigenvalue weighted by molar-refractivity contribution is 5.93. The highest BCUT2D eigenvalue weighted by atomic mass is 16.5. The molecule has 0 aromatic heterocycles. The third-order valence-electron chi connectivity index (χ3n) is 4.47. The molecule has 0 radical (unpaired) electrons. The second kappa shape index (κ2) is 10.3. The maximum absolute atomic E-state index is 11.9. The Hall–Kier alpha value is -3.02. The first-order valence-electron chi connectivity index (χ1n) is 9.33. The summed E-state index contributed by atoms with van der Waals surface area (Å²) in [7, 11) is 6.95. The van der Waals surface area contributed by atoms with Gasteiger partial charge in [-0.05, 0) is 48.2 Å². The van der Waals surface area contributed by atoms with Crippen molar-refractivity contribution < 1.29 is 9.53 Å². The number of hydrogen-bond donors (Lipinski definition) is 2. The van der Waals surface area contributed by atoms with Gasteiger partial charge in [0.2, 0.25) is 0 Å². The number of ether oxygens (including phenoxy) is 1. The molecule has 0 spiro atoms. The number of carbonyl (C=O) groups is 1. The fourth-order valence-corrected chi connectivity index (χ4v) is 2.77. The van der Waals surface area contributed by atoms with Crippen molar-refractivity contribution >= 4 is 11.9 Å². The zero-order valence-corrected chi connectivity index (χ0v) is 17.4. The van der Waals surface area contributed by atoms with Crippen LogP contribution in [-0.2, 0) is 13.0 Å². The Morgan fingerprint density at radius 2 is 1.75 bits per heavy atom. The van der Waals surface area contributed by atoms with Gasteiger partial charge in [-0.2, -0.15) is 0 Å². The van der Waals surface area contributed by atoms with Crippen molar-refractivity contribution in [3.8, 4) is 5.75 Å². The van der Waals surface area contributed by atoms with Crippen LogP contribution in [0, 0.1) is 6.92 Å². The van der Waals surface area contributed by atoms with Crippen LogP contribution in [0.5, 0.6) is 5.75 Å². The summed E-state index contributed by atoms with van der Waals surface area (Å²) in [5, 5.41) is 6.62. The van der Waals surface area contributed by atoms with Crippen molar-refractivity contribution in [1.82, 2.24) is 15.5 Å². The second-order valence-corrected chi connectivity index (χ2v) is 6.80. The molecule has 6 heteroatoms. The van der Waals surface area contributed by atoms with E-state index in [1.807, 2.05) is 31.2 Å². The number of carbonyl (C=O) groups excluding carboxylic acids is 1. The van der Waals surface area contributed by atoms with Gasteiger partial charge in [0.05, 0.1) is 7.11 Å². The van der Waals surface area contributed by atoms with Crippen LogP contribution < -0.4 is 15.4 Å². The molecular weight excluding hydrogens is 352 g/mol. The van der Waals surface area contributed by atoms with Crippen molar-refractivity contribution in [2.24, 2.45) is 4.99 Å². The number of amides is 1. The first-order valence-corrected chi connectivity index (χ1v) is 9.33. The van der Waals surface area contributed by atoms with Crippen LogP contribution in [0.4, 0.5) is 0 Å². The molecule has 0 heterocycles. The Balaban J connectivity index is 1.82. The molecule has 28 heavy (non-hydrogen) atoms. The van der Waals surface area contributed by atoms with Crippen LogP contribution in [0.3, 0.4) is 0 Å². The van der Waals surface area contributed by atoms with Crippen molar-refractivity contribution in [1.29, 1.82) is 0 Å². The lowest BCUT2D eigenvalue weighted by molar-refractivity contribution is 0.0827. The first-order chi connectivity index (χ1) is 13.4. The molecule has 6 nitrogen and oxygen atoms in total. The van der Waals surface area contributed by atoms with Crippen LogP contribution in [0.15, 0.2) is 47.5 Å². The molecule has 2 rings (SSSR count). The van der Waals surface area contributed by atoms with Crippen LogP contribution in [-0.4, -0.2) is 51.6 Å². The van der Waals surface area contributed by atoms with Gasteiger partial charge in [-0.1, -0.05) is 24.3 Å². The molecule has 150 valence electrons. The molecule has 2 aromatic carbocycles. The number of nitrogens with zero attached hydrogens (tertiary/aromatic N) is 2. The Bertz CT molecular complexity index is 814. The fraction of sp³-hybridized carbons (Fsp3) is 0.364. The zero-order valence-electron chi connectivity index (χ0n) is 17.4. The molecule has 0 unspecified atom stereocenters. The van der Waals surface area contributed by atoms with E-state index in [0.29, 0.717) is 12.1 Å². The van der Waals surface area contributed by atoms with Crippen molar-refractivity contribution in [2.75, 3.05) is 34.8 Å². The van der Waals surface area contributed by atoms with E-state index in [-0.39, 0.29) is 5.91 Å². The lowest BCUT2D eigenvalue weighted by atomic mass is 10.1. The summed E-state index contributed by atoms with van der Waals surface area (Å²) in [4.78, 5) is 17.8. The molecule has 0 aliphatic rings. The van der Waals surface area contributed by atoms with Gasteiger partial charge < -0.3 is 20.3 Å². The summed E-state index contributed by atoms with van der Waals surface area (Å²) in [6, 6.07) is 13.9. The molecule has 0 atom stereocenters. The van der Waals surface area contributed by atoms with Gasteiger partial charge in [-0.3, -0.25) is 9.79 Å². The first kappa shape index (κ1) is 21.3. The van der Waals surface area contributed by atoms with Crippen LogP contribution >= 0.6 is 0 Å². The third kappa shape index (κ3) is 6.01. The number of methoxy groups -OCH3 is 1. The number of aliphatic imine (C=N–C) groups is 1. The van der Waals surface area contributed by atoms with Gasteiger partial charge in [0, 0.05) is 39.8 Å². The SMILES string of the molecule is CN=C(NCCc1ccc(C)c(OC)c1)NCc1ccc(C(=O)N(C)C)cc1. The fourth-order valence-electron chi connectivity index (χ4n) is 2.77. The largest absolute Gasteiger partial charge is 0.496 e. The summed E-state index contributed by atoms with van der Waals surface area (Å²) in [5.74, 6) is 1.66. The standard InChI is InChI=1S/C22H30N4O2/c1-16-6-7-17(14-20(16)28-5)12-13-24-22(23-2)25-15-18-8-10-19(11-9-18)21(27)26(3)4/h6-11,14H,12-13,15H2,1-5H3,(H2,23,24,25). The molecule has 0 fully saturated rings. The van der Waals surface area contributed by atoms with Gasteiger partial charge in [0.25, 0.3) is 5.91 Å². The predicted molar refractivity (Wildman–Crippen MR) is 114 cm³/mol. The minimum Gasteiger partial charge on any atom is -0.496 e. The average Bonchev–Trinajstić information content (AvgIpc) is 2.71. The van der Waals surface area contributed by atoms with Crippen LogP contribution in [0.2, 0.25) is 0 Å². The topological polar surface area (TPSA) is 66.0 Å². The molecule has 0 saturated heterocycles. The van der Waals surface area contributed by atoms with E-state index in [4.69, 9.17) is 4.74 Å². The van der Waals surface area contributed by atoms with Gasteiger partial charge in [-0.25, -0.2) is 0 Å². The maximum atomic E-state index is 11.9. The van der Waals surface area contributed by atoms with E-state index in [0.717, 1.165) is 35.8 Å². The van der Waals surface area contributed by atoms with Gasteiger partial charge >= 0.3 is 0 Å². The number of nitrogens with one attached hydrogen (secondary N) is 2. The van der Waals surface area contributed by atoms with E-state index in [9.17, 15) is 4.79 Å². The molecule has 0 bridgehead atoms. The molecule has 1 amide bonds. The van der Waals surface area contributed by atoms with E-state index in [1.165, 1.54) is 5.56 Å². The predicted octanol–water partition coefficient (Wildman–Crippen LogP) is 2.61. The summed E-state index contributed by atoms with van der Waals surface area (Å²) in [6.45, 7) is 3.44. The Morgan fingerprint density at radius 3 is 2.36 bits per heavy atom. The lowest BCUT2D eigenvalue weighted by Gasteiger charge is -2.13. The zero-order chi connectivity index (χ0) is 20.5. The van der Waals surface area contributed by atoms with Crippen LogP contribution in [0.25, 0.3) is 0 Å². The summed E-state index contributed by atoms with van der Waals surface area (Å²) in [5.41, 5.74) is 4.12. The highest BCUT2D eigenvalue weighted by Gasteiger charge is 2.07. The van der Waals surface area contributed by atoms with Crippen molar-refractivity contribution in [2.45, 2.75) is 19.9 Å². The number of rotatable bonds is 7. The smallest absolute Gasteiger partial charge is 0.253 e. The molecule has 2 N–H and O–H groups in total. The van der Waals surface area contributed by atoms with Crippen LogP contribution in [0.1, 0.15) is 27.0 Å².